The lowest BCUT2D eigenvalue weighted by Gasteiger charge is -2.35. The molecule has 116 valence electrons. The summed E-state index contributed by atoms with van der Waals surface area (Å²) in [6, 6.07) is 0.328. The SMILES string of the molecule is COC1(C(=O)NCC(C)N(C)C)CCNCC1.Cl.Cl. The number of ether oxygens (including phenoxy) is 1. The summed E-state index contributed by atoms with van der Waals surface area (Å²) in [6.07, 6.45) is 1.48. The zero-order valence-electron chi connectivity index (χ0n) is 12.2. The Kier molecular flexibility index (Phi) is 10.9. The maximum atomic E-state index is 12.2. The molecule has 2 N–H and O–H groups in total. The molecule has 0 bridgehead atoms. The topological polar surface area (TPSA) is 53.6 Å². The number of nitrogens with zero attached hydrogens (tertiary/aromatic N) is 1. The van der Waals surface area contributed by atoms with E-state index in [9.17, 15) is 4.79 Å². The lowest BCUT2D eigenvalue weighted by atomic mass is 9.91. The summed E-state index contributed by atoms with van der Waals surface area (Å²) in [5, 5.41) is 6.24. The number of likely N-dealkylation sites (N-methyl/N-ethyl adjacent to an activating group) is 1. The van der Waals surface area contributed by atoms with E-state index in [1.54, 1.807) is 7.11 Å². The molecule has 19 heavy (non-hydrogen) atoms. The number of nitrogens with one attached hydrogen (secondary N) is 2. The third-order valence-corrected chi connectivity index (χ3v) is 3.66. The van der Waals surface area contributed by atoms with Crippen molar-refractivity contribution in [3.05, 3.63) is 0 Å². The molecule has 0 spiro atoms. The van der Waals surface area contributed by atoms with Gasteiger partial charge in [0, 0.05) is 19.7 Å². The average Bonchev–Trinajstić information content (AvgIpc) is 2.36. The maximum Gasteiger partial charge on any atom is 0.252 e. The highest BCUT2D eigenvalue weighted by molar-refractivity contribution is 5.86. The zero-order valence-corrected chi connectivity index (χ0v) is 13.8. The van der Waals surface area contributed by atoms with E-state index in [1.807, 2.05) is 14.1 Å². The van der Waals surface area contributed by atoms with Crippen LogP contribution in [0.1, 0.15) is 19.8 Å². The van der Waals surface area contributed by atoms with Crippen molar-refractivity contribution in [2.24, 2.45) is 0 Å². The number of carbonyl (C=O) groups is 1. The summed E-state index contributed by atoms with van der Waals surface area (Å²) in [7, 11) is 5.64. The number of halogens is 2. The second-order valence-corrected chi connectivity index (χ2v) is 4.97. The van der Waals surface area contributed by atoms with Crippen LogP contribution in [0, 0.1) is 0 Å². The monoisotopic (exact) mass is 315 g/mol. The average molecular weight is 316 g/mol. The molecular weight excluding hydrogens is 289 g/mol. The van der Waals surface area contributed by atoms with Crippen LogP contribution < -0.4 is 10.6 Å². The summed E-state index contributed by atoms with van der Waals surface area (Å²) >= 11 is 0. The molecule has 1 rings (SSSR count). The van der Waals surface area contributed by atoms with E-state index in [2.05, 4.69) is 22.5 Å². The number of piperidine rings is 1. The molecule has 5 nitrogen and oxygen atoms in total. The van der Waals surface area contributed by atoms with Crippen LogP contribution in [0.3, 0.4) is 0 Å². The Hall–Kier alpha value is -0.0700. The van der Waals surface area contributed by atoms with Crippen LogP contribution in [0.25, 0.3) is 0 Å². The van der Waals surface area contributed by atoms with E-state index in [4.69, 9.17) is 4.74 Å². The van der Waals surface area contributed by atoms with Gasteiger partial charge in [0.15, 0.2) is 0 Å². The van der Waals surface area contributed by atoms with Crippen LogP contribution in [0.15, 0.2) is 0 Å². The molecule has 0 saturated carbocycles. The first-order chi connectivity index (χ1) is 8.02. The number of methoxy groups -OCH3 is 1. The second kappa shape index (κ2) is 9.77. The predicted molar refractivity (Wildman–Crippen MR) is 82.5 cm³/mol. The molecule has 7 heteroatoms. The zero-order chi connectivity index (χ0) is 12.9. The van der Waals surface area contributed by atoms with Crippen molar-refractivity contribution in [3.8, 4) is 0 Å². The van der Waals surface area contributed by atoms with Gasteiger partial charge in [0.05, 0.1) is 0 Å². The Morgan fingerprint density at radius 2 is 1.89 bits per heavy atom. The van der Waals surface area contributed by atoms with Crippen molar-refractivity contribution in [1.82, 2.24) is 15.5 Å². The molecule has 1 saturated heterocycles. The summed E-state index contributed by atoms with van der Waals surface area (Å²) < 4.78 is 5.47. The molecule has 0 aliphatic carbocycles. The van der Waals surface area contributed by atoms with Crippen molar-refractivity contribution in [1.29, 1.82) is 0 Å². The Balaban J connectivity index is 0. The van der Waals surface area contributed by atoms with Crippen molar-refractivity contribution >= 4 is 30.7 Å². The first-order valence-electron chi connectivity index (χ1n) is 6.22. The van der Waals surface area contributed by atoms with E-state index in [-0.39, 0.29) is 30.7 Å². The lowest BCUT2D eigenvalue weighted by Crippen LogP contribution is -2.55. The number of carbonyl (C=O) groups excluding carboxylic acids is 1. The molecule has 0 aromatic carbocycles. The van der Waals surface area contributed by atoms with Gasteiger partial charge >= 0.3 is 0 Å². The number of hydrogen-bond acceptors (Lipinski definition) is 4. The minimum atomic E-state index is -0.628. The van der Waals surface area contributed by atoms with E-state index in [0.29, 0.717) is 12.6 Å². The van der Waals surface area contributed by atoms with Crippen molar-refractivity contribution in [2.75, 3.05) is 40.8 Å². The maximum absolute atomic E-state index is 12.2. The van der Waals surface area contributed by atoms with Crippen molar-refractivity contribution in [2.45, 2.75) is 31.4 Å². The van der Waals surface area contributed by atoms with E-state index in [1.165, 1.54) is 0 Å². The first-order valence-corrected chi connectivity index (χ1v) is 6.22. The fraction of sp³-hybridized carbons (Fsp3) is 0.917. The van der Waals surface area contributed by atoms with Crippen LogP contribution >= 0.6 is 24.8 Å². The molecule has 1 aliphatic rings. The number of hydrogen-bond donors (Lipinski definition) is 2. The van der Waals surface area contributed by atoms with Gasteiger partial charge in [-0.2, -0.15) is 0 Å². The van der Waals surface area contributed by atoms with Gasteiger partial charge in [-0.05, 0) is 47.0 Å². The van der Waals surface area contributed by atoms with Crippen molar-refractivity contribution < 1.29 is 9.53 Å². The van der Waals surface area contributed by atoms with Gasteiger partial charge in [-0.15, -0.1) is 24.8 Å². The van der Waals surface area contributed by atoms with Crippen LogP contribution in [0.2, 0.25) is 0 Å². The van der Waals surface area contributed by atoms with Gasteiger partial charge in [-0.3, -0.25) is 4.79 Å². The quantitative estimate of drug-likeness (QED) is 0.783. The molecule has 1 heterocycles. The molecule has 1 aliphatic heterocycles. The molecule has 0 aromatic heterocycles. The fourth-order valence-corrected chi connectivity index (χ4v) is 1.94. The fourth-order valence-electron chi connectivity index (χ4n) is 1.94. The molecule has 1 unspecified atom stereocenters. The molecule has 0 aromatic rings. The highest BCUT2D eigenvalue weighted by atomic mass is 35.5. The molecular formula is C12H27Cl2N3O2. The minimum Gasteiger partial charge on any atom is -0.368 e. The van der Waals surface area contributed by atoms with Crippen LogP contribution in [-0.2, 0) is 9.53 Å². The van der Waals surface area contributed by atoms with E-state index >= 15 is 0 Å². The smallest absolute Gasteiger partial charge is 0.252 e. The largest absolute Gasteiger partial charge is 0.368 e. The van der Waals surface area contributed by atoms with Crippen LogP contribution in [0.5, 0.6) is 0 Å². The van der Waals surface area contributed by atoms with Crippen LogP contribution in [-0.4, -0.2) is 63.3 Å². The Bertz CT molecular complexity index is 259. The van der Waals surface area contributed by atoms with Gasteiger partial charge in [-0.25, -0.2) is 0 Å². The highest BCUT2D eigenvalue weighted by Gasteiger charge is 2.39. The van der Waals surface area contributed by atoms with E-state index in [0.717, 1.165) is 25.9 Å². The van der Waals surface area contributed by atoms with Gasteiger partial charge in [0.2, 0.25) is 0 Å². The Morgan fingerprint density at radius 1 is 1.37 bits per heavy atom. The molecule has 1 atom stereocenters. The molecule has 0 radical (unpaired) electrons. The predicted octanol–water partition coefficient (Wildman–Crippen LogP) is 0.665. The third kappa shape index (κ3) is 5.83. The van der Waals surface area contributed by atoms with Gasteiger partial charge in [0.1, 0.15) is 5.60 Å². The summed E-state index contributed by atoms with van der Waals surface area (Å²) in [4.78, 5) is 14.3. The Morgan fingerprint density at radius 3 is 2.32 bits per heavy atom. The first kappa shape index (κ1) is 21.2. The lowest BCUT2D eigenvalue weighted by molar-refractivity contribution is -0.146. The normalized spacial score (nSPS) is 19.0. The Labute approximate surface area is 128 Å². The minimum absolute atomic E-state index is 0. The molecule has 1 fully saturated rings. The van der Waals surface area contributed by atoms with Gasteiger partial charge < -0.3 is 20.3 Å². The van der Waals surface area contributed by atoms with Gasteiger partial charge in [0.25, 0.3) is 5.91 Å². The van der Waals surface area contributed by atoms with Crippen molar-refractivity contribution in [3.63, 3.8) is 0 Å². The highest BCUT2D eigenvalue weighted by Crippen LogP contribution is 2.22. The van der Waals surface area contributed by atoms with Crippen LogP contribution in [0.4, 0.5) is 0 Å². The molecule has 1 amide bonds. The number of rotatable bonds is 5. The van der Waals surface area contributed by atoms with E-state index < -0.39 is 5.60 Å². The summed E-state index contributed by atoms with van der Waals surface area (Å²) in [5.41, 5.74) is -0.628. The second-order valence-electron chi connectivity index (χ2n) is 4.97. The number of amides is 1. The summed E-state index contributed by atoms with van der Waals surface area (Å²) in [6.45, 7) is 4.42. The van der Waals surface area contributed by atoms with Gasteiger partial charge in [-0.1, -0.05) is 0 Å². The standard InChI is InChI=1S/C12H25N3O2.2ClH/c1-10(15(2)3)9-14-11(16)12(17-4)5-7-13-8-6-12;;/h10,13H,5-9H2,1-4H3,(H,14,16);2*1H. The summed E-state index contributed by atoms with van der Waals surface area (Å²) in [5.74, 6) is 0.0233. The third-order valence-electron chi connectivity index (χ3n) is 3.66.